The molecule has 0 aromatic heterocycles. The van der Waals surface area contributed by atoms with Gasteiger partial charge >= 0.3 is 0 Å². The van der Waals surface area contributed by atoms with Crippen LogP contribution in [0.5, 0.6) is 0 Å². The number of carbonyl (C=O) groups excluding carboxylic acids is 1. The molecule has 2 aromatic rings. The highest BCUT2D eigenvalue weighted by Gasteiger charge is 1.99. The van der Waals surface area contributed by atoms with E-state index in [9.17, 15) is 4.79 Å². The molecular formula is C18H13ClO. The minimum atomic E-state index is -0.0835. The first kappa shape index (κ1) is 14.1. The van der Waals surface area contributed by atoms with E-state index >= 15 is 0 Å². The summed E-state index contributed by atoms with van der Waals surface area (Å²) >= 11 is 5.77. The van der Waals surface area contributed by atoms with Crippen molar-refractivity contribution in [1.29, 1.82) is 0 Å². The van der Waals surface area contributed by atoms with E-state index in [0.29, 0.717) is 10.6 Å². The molecule has 0 aliphatic heterocycles. The number of benzene rings is 2. The van der Waals surface area contributed by atoms with E-state index in [0.717, 1.165) is 5.56 Å². The molecule has 0 bridgehead atoms. The molecule has 0 fully saturated rings. The minimum absolute atomic E-state index is 0.0835. The highest BCUT2D eigenvalue weighted by Crippen LogP contribution is 2.10. The van der Waals surface area contributed by atoms with E-state index in [-0.39, 0.29) is 5.78 Å². The number of rotatable bonds is 2. The summed E-state index contributed by atoms with van der Waals surface area (Å²) in [7, 11) is 0. The summed E-state index contributed by atoms with van der Waals surface area (Å²) in [4.78, 5) is 11.8. The molecular weight excluding hydrogens is 268 g/mol. The Morgan fingerprint density at radius 2 is 1.70 bits per heavy atom. The summed E-state index contributed by atoms with van der Waals surface area (Å²) in [5.41, 5.74) is 2.73. The molecule has 20 heavy (non-hydrogen) atoms. The van der Waals surface area contributed by atoms with Gasteiger partial charge in [0.2, 0.25) is 0 Å². The van der Waals surface area contributed by atoms with Gasteiger partial charge in [-0.2, -0.15) is 0 Å². The minimum Gasteiger partial charge on any atom is -0.289 e. The number of ketones is 1. The van der Waals surface area contributed by atoms with Crippen molar-refractivity contribution in [3.8, 4) is 11.8 Å². The zero-order valence-corrected chi connectivity index (χ0v) is 11.8. The standard InChI is InChI=1S/C18H13ClO/c1-14-6-8-15(9-7-14)4-2-3-5-18(20)16-10-12-17(19)13-11-16/h3,5-13H,1H3/b5-3+. The number of carbonyl (C=O) groups is 1. The van der Waals surface area contributed by atoms with E-state index in [1.54, 1.807) is 30.3 Å². The molecule has 0 N–H and O–H groups in total. The second-order valence-corrected chi connectivity index (χ2v) is 4.78. The van der Waals surface area contributed by atoms with Crippen LogP contribution in [0.4, 0.5) is 0 Å². The average Bonchev–Trinajstić information content (AvgIpc) is 2.46. The lowest BCUT2D eigenvalue weighted by Gasteiger charge is -1.94. The second kappa shape index (κ2) is 6.75. The predicted octanol–water partition coefficient (Wildman–Crippen LogP) is 4.44. The molecule has 0 amide bonds. The summed E-state index contributed by atoms with van der Waals surface area (Å²) in [5.74, 6) is 5.75. The Bertz CT molecular complexity index is 683. The van der Waals surface area contributed by atoms with Crippen molar-refractivity contribution in [1.82, 2.24) is 0 Å². The SMILES string of the molecule is Cc1ccc(C#C/C=C/C(=O)c2ccc(Cl)cc2)cc1. The molecule has 2 heteroatoms. The van der Waals surface area contributed by atoms with Gasteiger partial charge in [0.15, 0.2) is 5.78 Å². The van der Waals surface area contributed by atoms with Gasteiger partial charge in [-0.1, -0.05) is 41.1 Å². The third-order valence-corrected chi connectivity index (χ3v) is 2.97. The third-order valence-electron chi connectivity index (χ3n) is 2.71. The lowest BCUT2D eigenvalue weighted by Crippen LogP contribution is -1.92. The van der Waals surface area contributed by atoms with Crippen molar-refractivity contribution >= 4 is 17.4 Å². The molecule has 0 radical (unpaired) electrons. The topological polar surface area (TPSA) is 17.1 Å². The van der Waals surface area contributed by atoms with Gasteiger partial charge in [-0.05, 0) is 55.5 Å². The monoisotopic (exact) mass is 280 g/mol. The third kappa shape index (κ3) is 4.12. The van der Waals surface area contributed by atoms with Crippen LogP contribution in [0.1, 0.15) is 21.5 Å². The maximum Gasteiger partial charge on any atom is 0.186 e. The van der Waals surface area contributed by atoms with Crippen molar-refractivity contribution in [2.75, 3.05) is 0 Å². The zero-order valence-electron chi connectivity index (χ0n) is 11.1. The van der Waals surface area contributed by atoms with E-state index in [2.05, 4.69) is 11.8 Å². The van der Waals surface area contributed by atoms with Gasteiger partial charge in [0.25, 0.3) is 0 Å². The number of hydrogen-bond donors (Lipinski definition) is 0. The van der Waals surface area contributed by atoms with Gasteiger partial charge in [-0.3, -0.25) is 4.79 Å². The molecule has 0 saturated carbocycles. The summed E-state index contributed by atoms with van der Waals surface area (Å²) in [6, 6.07) is 14.7. The summed E-state index contributed by atoms with van der Waals surface area (Å²) < 4.78 is 0. The number of hydrogen-bond acceptors (Lipinski definition) is 1. The maximum absolute atomic E-state index is 11.8. The zero-order chi connectivity index (χ0) is 14.4. The summed E-state index contributed by atoms with van der Waals surface area (Å²) in [6.07, 6.45) is 3.03. The van der Waals surface area contributed by atoms with Crippen LogP contribution in [0.15, 0.2) is 60.7 Å². The Kier molecular flexibility index (Phi) is 4.76. The Labute approximate surface area is 123 Å². The molecule has 0 aliphatic rings. The van der Waals surface area contributed by atoms with Gasteiger partial charge in [0.1, 0.15) is 0 Å². The molecule has 0 atom stereocenters. The van der Waals surface area contributed by atoms with Crippen molar-refractivity contribution in [2.24, 2.45) is 0 Å². The quantitative estimate of drug-likeness (QED) is 0.451. The van der Waals surface area contributed by atoms with Gasteiger partial charge in [-0.15, -0.1) is 0 Å². The van der Waals surface area contributed by atoms with Crippen LogP contribution < -0.4 is 0 Å². The van der Waals surface area contributed by atoms with Crippen LogP contribution in [0, 0.1) is 18.8 Å². The van der Waals surface area contributed by atoms with Crippen LogP contribution >= 0.6 is 11.6 Å². The van der Waals surface area contributed by atoms with Gasteiger partial charge in [-0.25, -0.2) is 0 Å². The highest BCUT2D eigenvalue weighted by atomic mass is 35.5. The lowest BCUT2D eigenvalue weighted by atomic mass is 10.1. The number of aryl methyl sites for hydroxylation is 1. The fraction of sp³-hybridized carbons (Fsp3) is 0.0556. The summed E-state index contributed by atoms with van der Waals surface area (Å²) in [5, 5.41) is 0.615. The Morgan fingerprint density at radius 1 is 1.05 bits per heavy atom. The van der Waals surface area contributed by atoms with Crippen LogP contribution in [0.2, 0.25) is 5.02 Å². The Balaban J connectivity index is 2.02. The molecule has 0 spiro atoms. The fourth-order valence-electron chi connectivity index (χ4n) is 1.59. The second-order valence-electron chi connectivity index (χ2n) is 4.34. The van der Waals surface area contributed by atoms with Crippen LogP contribution in [0.25, 0.3) is 0 Å². The van der Waals surface area contributed by atoms with Gasteiger partial charge in [0, 0.05) is 16.1 Å². The molecule has 98 valence electrons. The lowest BCUT2D eigenvalue weighted by molar-refractivity contribution is 0.104. The molecule has 0 heterocycles. The van der Waals surface area contributed by atoms with Gasteiger partial charge in [0.05, 0.1) is 0 Å². The summed E-state index contributed by atoms with van der Waals surface area (Å²) in [6.45, 7) is 2.03. The van der Waals surface area contributed by atoms with Crippen molar-refractivity contribution in [3.05, 3.63) is 82.4 Å². The van der Waals surface area contributed by atoms with Crippen LogP contribution in [0.3, 0.4) is 0 Å². The smallest absolute Gasteiger partial charge is 0.186 e. The van der Waals surface area contributed by atoms with E-state index in [1.165, 1.54) is 11.6 Å². The predicted molar refractivity (Wildman–Crippen MR) is 83.0 cm³/mol. The van der Waals surface area contributed by atoms with Crippen LogP contribution in [-0.2, 0) is 0 Å². The number of allylic oxidation sites excluding steroid dienone is 2. The van der Waals surface area contributed by atoms with Crippen molar-refractivity contribution in [3.63, 3.8) is 0 Å². The molecule has 1 nitrogen and oxygen atoms in total. The average molecular weight is 281 g/mol. The molecule has 2 rings (SSSR count). The largest absolute Gasteiger partial charge is 0.289 e. The van der Waals surface area contributed by atoms with E-state index < -0.39 is 0 Å². The van der Waals surface area contributed by atoms with E-state index in [4.69, 9.17) is 11.6 Å². The molecule has 0 aliphatic carbocycles. The fourth-order valence-corrected chi connectivity index (χ4v) is 1.72. The first-order valence-corrected chi connectivity index (χ1v) is 6.57. The highest BCUT2D eigenvalue weighted by molar-refractivity contribution is 6.30. The molecule has 2 aromatic carbocycles. The number of halogens is 1. The Morgan fingerprint density at radius 3 is 2.35 bits per heavy atom. The van der Waals surface area contributed by atoms with Crippen molar-refractivity contribution in [2.45, 2.75) is 6.92 Å². The normalized spacial score (nSPS) is 10.1. The molecule has 0 unspecified atom stereocenters. The van der Waals surface area contributed by atoms with Crippen LogP contribution in [-0.4, -0.2) is 5.78 Å². The molecule has 0 saturated heterocycles. The first-order valence-electron chi connectivity index (χ1n) is 6.20. The maximum atomic E-state index is 11.8. The van der Waals surface area contributed by atoms with E-state index in [1.807, 2.05) is 31.2 Å². The Hall–Kier alpha value is -2.30. The van der Waals surface area contributed by atoms with Crippen molar-refractivity contribution < 1.29 is 4.79 Å². The van der Waals surface area contributed by atoms with Gasteiger partial charge < -0.3 is 0 Å². The first-order chi connectivity index (χ1) is 9.65.